The zero-order valence-corrected chi connectivity index (χ0v) is 22.2. The lowest BCUT2D eigenvalue weighted by Gasteiger charge is -2.33. The summed E-state index contributed by atoms with van der Waals surface area (Å²) in [4.78, 5) is 15.5. The molecule has 0 aromatic heterocycles. The predicted octanol–water partition coefficient (Wildman–Crippen LogP) is 3.05. The standard InChI is InChI=1S/C26H38FN5O5/c1-26(2,3)37-25(33)31(4)14-19-16-35-24(36-17-19)10-11-32(23(30)9-7-20(29)13-28)15-18-6-8-22(34-5)21(27)12-18/h6-9,12,19,24H,10-11,14-17,29-30H2,1-5H3/b20-7-,23-9+. The van der Waals surface area contributed by atoms with Crippen molar-refractivity contribution >= 4 is 6.09 Å². The topological polar surface area (TPSA) is 136 Å². The second-order valence-electron chi connectivity index (χ2n) is 9.83. The Morgan fingerprint density at radius 3 is 2.51 bits per heavy atom. The number of benzene rings is 1. The number of allylic oxidation sites excluding steroid dienone is 3. The molecule has 1 aromatic carbocycles. The summed E-state index contributed by atoms with van der Waals surface area (Å²) in [6, 6.07) is 6.52. The van der Waals surface area contributed by atoms with E-state index in [1.807, 2.05) is 31.7 Å². The summed E-state index contributed by atoms with van der Waals surface area (Å²) in [5, 5.41) is 8.89. The highest BCUT2D eigenvalue weighted by Gasteiger charge is 2.27. The van der Waals surface area contributed by atoms with E-state index in [9.17, 15) is 9.18 Å². The first-order valence-electron chi connectivity index (χ1n) is 12.0. The quantitative estimate of drug-likeness (QED) is 0.353. The Balaban J connectivity index is 1.96. The Morgan fingerprint density at radius 1 is 1.27 bits per heavy atom. The van der Waals surface area contributed by atoms with Crippen LogP contribution in [0.2, 0.25) is 0 Å². The SMILES string of the molecule is COc1ccc(CN(CCC2OCC(CN(C)C(=O)OC(C)(C)C)CO2)/C(N)=C/C=C(\N)C#N)cc1F. The number of nitrogens with zero attached hydrogens (tertiary/aromatic N) is 3. The Kier molecular flexibility index (Phi) is 11.0. The monoisotopic (exact) mass is 519 g/mol. The number of halogens is 1. The van der Waals surface area contributed by atoms with Gasteiger partial charge in [-0.1, -0.05) is 6.07 Å². The number of hydrogen-bond acceptors (Lipinski definition) is 9. The van der Waals surface area contributed by atoms with Crippen molar-refractivity contribution in [3.8, 4) is 11.8 Å². The summed E-state index contributed by atoms with van der Waals surface area (Å²) >= 11 is 0. The van der Waals surface area contributed by atoms with Crippen molar-refractivity contribution in [1.82, 2.24) is 9.80 Å². The van der Waals surface area contributed by atoms with Crippen LogP contribution in [0.15, 0.2) is 41.9 Å². The smallest absolute Gasteiger partial charge is 0.410 e. The summed E-state index contributed by atoms with van der Waals surface area (Å²) in [6.45, 7) is 7.49. The van der Waals surface area contributed by atoms with Gasteiger partial charge in [0.1, 0.15) is 17.4 Å². The van der Waals surface area contributed by atoms with E-state index >= 15 is 0 Å². The van der Waals surface area contributed by atoms with Crippen molar-refractivity contribution in [1.29, 1.82) is 5.26 Å². The van der Waals surface area contributed by atoms with E-state index in [1.165, 1.54) is 30.2 Å². The lowest BCUT2D eigenvalue weighted by Crippen LogP contribution is -2.42. The molecule has 11 heteroatoms. The molecule has 1 saturated heterocycles. The van der Waals surface area contributed by atoms with Crippen LogP contribution in [0.4, 0.5) is 9.18 Å². The molecule has 1 aliphatic rings. The van der Waals surface area contributed by atoms with Gasteiger partial charge >= 0.3 is 6.09 Å². The van der Waals surface area contributed by atoms with Crippen molar-refractivity contribution < 1.29 is 28.1 Å². The molecule has 2 rings (SSSR count). The Labute approximate surface area is 218 Å². The molecule has 1 fully saturated rings. The van der Waals surface area contributed by atoms with E-state index in [0.717, 1.165) is 0 Å². The second-order valence-corrected chi connectivity index (χ2v) is 9.83. The molecule has 1 amide bonds. The highest BCUT2D eigenvalue weighted by Crippen LogP contribution is 2.21. The average molecular weight is 520 g/mol. The fraction of sp³-hybridized carbons (Fsp3) is 0.538. The first-order chi connectivity index (χ1) is 17.4. The fourth-order valence-electron chi connectivity index (χ4n) is 3.56. The molecule has 4 N–H and O–H groups in total. The van der Waals surface area contributed by atoms with Crippen molar-refractivity contribution in [2.45, 2.75) is 45.6 Å². The molecule has 204 valence electrons. The third-order valence-corrected chi connectivity index (χ3v) is 5.43. The highest BCUT2D eigenvalue weighted by atomic mass is 19.1. The maximum atomic E-state index is 14.2. The first kappa shape index (κ1) is 29.7. The van der Waals surface area contributed by atoms with Gasteiger partial charge in [0.25, 0.3) is 0 Å². The molecular formula is C26H38FN5O5. The lowest BCUT2D eigenvalue weighted by atomic mass is 10.1. The molecule has 0 saturated carbocycles. The maximum Gasteiger partial charge on any atom is 0.410 e. The van der Waals surface area contributed by atoms with Gasteiger partial charge < -0.3 is 40.2 Å². The van der Waals surface area contributed by atoms with Gasteiger partial charge in [0, 0.05) is 39.0 Å². The number of nitrogens with two attached hydrogens (primary N) is 2. The first-order valence-corrected chi connectivity index (χ1v) is 12.0. The minimum absolute atomic E-state index is 0.0104. The van der Waals surface area contributed by atoms with Gasteiger partial charge in [-0.15, -0.1) is 0 Å². The number of carbonyl (C=O) groups excluding carboxylic acids is 1. The van der Waals surface area contributed by atoms with Gasteiger partial charge in [-0.2, -0.15) is 5.26 Å². The van der Waals surface area contributed by atoms with Gasteiger partial charge in [-0.25, -0.2) is 9.18 Å². The third-order valence-electron chi connectivity index (χ3n) is 5.43. The van der Waals surface area contributed by atoms with Gasteiger partial charge in [-0.05, 0) is 50.6 Å². The molecule has 37 heavy (non-hydrogen) atoms. The predicted molar refractivity (Wildman–Crippen MR) is 136 cm³/mol. The summed E-state index contributed by atoms with van der Waals surface area (Å²) in [6.07, 6.45) is 2.57. The zero-order valence-electron chi connectivity index (χ0n) is 22.2. The zero-order chi connectivity index (χ0) is 27.6. The van der Waals surface area contributed by atoms with Crippen LogP contribution in [-0.4, -0.2) is 68.2 Å². The van der Waals surface area contributed by atoms with Crippen LogP contribution in [0.25, 0.3) is 0 Å². The van der Waals surface area contributed by atoms with E-state index in [2.05, 4.69) is 0 Å². The minimum Gasteiger partial charge on any atom is -0.494 e. The van der Waals surface area contributed by atoms with E-state index < -0.39 is 23.8 Å². The molecule has 0 unspecified atom stereocenters. The number of rotatable bonds is 10. The Morgan fingerprint density at radius 2 is 1.95 bits per heavy atom. The van der Waals surface area contributed by atoms with Crippen LogP contribution < -0.4 is 16.2 Å². The molecule has 10 nitrogen and oxygen atoms in total. The van der Waals surface area contributed by atoms with Gasteiger partial charge in [0.2, 0.25) is 0 Å². The van der Waals surface area contributed by atoms with Crippen LogP contribution >= 0.6 is 0 Å². The summed E-state index contributed by atoms with van der Waals surface area (Å²) in [7, 11) is 3.09. The van der Waals surface area contributed by atoms with E-state index in [1.54, 1.807) is 19.2 Å². The van der Waals surface area contributed by atoms with E-state index in [-0.39, 0.29) is 17.4 Å². The van der Waals surface area contributed by atoms with Crippen LogP contribution in [0, 0.1) is 23.1 Å². The molecule has 1 heterocycles. The molecule has 0 atom stereocenters. The van der Waals surface area contributed by atoms with Crippen molar-refractivity contribution in [2.24, 2.45) is 17.4 Å². The largest absolute Gasteiger partial charge is 0.494 e. The van der Waals surface area contributed by atoms with Crippen LogP contribution in [-0.2, 0) is 20.8 Å². The number of carbonyl (C=O) groups is 1. The molecule has 0 aliphatic carbocycles. The minimum atomic E-state index is -0.564. The van der Waals surface area contributed by atoms with E-state index in [4.69, 9.17) is 35.7 Å². The molecular weight excluding hydrogens is 481 g/mol. The fourth-order valence-corrected chi connectivity index (χ4v) is 3.56. The average Bonchev–Trinajstić information content (AvgIpc) is 2.84. The van der Waals surface area contributed by atoms with Crippen molar-refractivity contribution in [3.63, 3.8) is 0 Å². The lowest BCUT2D eigenvalue weighted by molar-refractivity contribution is -0.205. The number of amides is 1. The third kappa shape index (κ3) is 10.2. The van der Waals surface area contributed by atoms with E-state index in [0.29, 0.717) is 50.7 Å². The highest BCUT2D eigenvalue weighted by molar-refractivity contribution is 5.67. The normalized spacial score (nSPS) is 18.6. The Hall–Kier alpha value is -3.49. The molecule has 1 aromatic rings. The summed E-state index contributed by atoms with van der Waals surface area (Å²) in [5.74, 6) is 0.0372. The molecule has 1 aliphatic heterocycles. The number of ether oxygens (including phenoxy) is 4. The van der Waals surface area contributed by atoms with Gasteiger partial charge in [0.15, 0.2) is 17.9 Å². The number of hydrogen-bond donors (Lipinski definition) is 2. The van der Waals surface area contributed by atoms with Gasteiger partial charge in [0.05, 0.1) is 26.1 Å². The number of methoxy groups -OCH3 is 1. The van der Waals surface area contributed by atoms with Crippen LogP contribution in [0.3, 0.4) is 0 Å². The van der Waals surface area contributed by atoms with Gasteiger partial charge in [-0.3, -0.25) is 0 Å². The molecule has 0 spiro atoms. The maximum absolute atomic E-state index is 14.2. The summed E-state index contributed by atoms with van der Waals surface area (Å²) in [5.41, 5.74) is 11.9. The van der Waals surface area contributed by atoms with Crippen LogP contribution in [0.1, 0.15) is 32.8 Å². The summed E-state index contributed by atoms with van der Waals surface area (Å²) < 4.78 is 36.3. The van der Waals surface area contributed by atoms with Crippen molar-refractivity contribution in [2.75, 3.05) is 40.5 Å². The Bertz CT molecular complexity index is 1010. The van der Waals surface area contributed by atoms with Crippen LogP contribution in [0.5, 0.6) is 5.75 Å². The molecule has 0 radical (unpaired) electrons. The second kappa shape index (κ2) is 13.7. The number of nitriles is 1. The van der Waals surface area contributed by atoms with Crippen molar-refractivity contribution in [3.05, 3.63) is 53.2 Å². The molecule has 0 bridgehead atoms.